The highest BCUT2D eigenvalue weighted by atomic mass is 16.5. The third kappa shape index (κ3) is 3.32. The van der Waals surface area contributed by atoms with Crippen LogP contribution in [-0.4, -0.2) is 55.4 Å². The molecule has 8 nitrogen and oxygen atoms in total. The number of rotatable bonds is 5. The van der Waals surface area contributed by atoms with Gasteiger partial charge in [0.05, 0.1) is 19.0 Å². The Kier molecular flexibility index (Phi) is 5.13. The lowest BCUT2D eigenvalue weighted by Crippen LogP contribution is -2.46. The molecule has 0 saturated carbocycles. The van der Waals surface area contributed by atoms with Crippen LogP contribution < -0.4 is 4.74 Å². The van der Waals surface area contributed by atoms with Crippen LogP contribution in [0.4, 0.5) is 0 Å². The van der Waals surface area contributed by atoms with Gasteiger partial charge in [-0.3, -0.25) is 9.48 Å². The number of hydrogen-bond donors (Lipinski definition) is 0. The van der Waals surface area contributed by atoms with Gasteiger partial charge in [0.25, 0.3) is 5.91 Å². The first-order valence-corrected chi connectivity index (χ1v) is 10.9. The van der Waals surface area contributed by atoms with Gasteiger partial charge in [-0.15, -0.1) is 5.10 Å². The molecular formula is C24H26N6O2. The van der Waals surface area contributed by atoms with Gasteiger partial charge < -0.3 is 9.64 Å². The molecule has 32 heavy (non-hydrogen) atoms. The Labute approximate surface area is 186 Å². The molecular weight excluding hydrogens is 404 g/mol. The lowest BCUT2D eigenvalue weighted by atomic mass is 9.70. The number of carbonyl (C=O) groups excluding carboxylic acids is 1. The van der Waals surface area contributed by atoms with E-state index in [0.717, 1.165) is 24.2 Å². The fourth-order valence-corrected chi connectivity index (χ4v) is 4.67. The zero-order chi connectivity index (χ0) is 22.1. The summed E-state index contributed by atoms with van der Waals surface area (Å²) in [5, 5.41) is 8.74. The number of piperidine rings is 1. The molecule has 0 N–H and O–H groups in total. The molecule has 0 unspecified atom stereocenters. The summed E-state index contributed by atoms with van der Waals surface area (Å²) in [6.45, 7) is 3.96. The third-order valence-electron chi connectivity index (χ3n) is 6.46. The van der Waals surface area contributed by atoms with Crippen LogP contribution in [-0.2, 0) is 12.0 Å². The number of aromatic nitrogens is 5. The Morgan fingerprint density at radius 2 is 1.88 bits per heavy atom. The molecule has 1 aliphatic rings. The number of imidazole rings is 1. The van der Waals surface area contributed by atoms with Crippen LogP contribution in [0.25, 0.3) is 5.65 Å². The minimum atomic E-state index is -0.288. The number of likely N-dealkylation sites (tertiary alicyclic amines) is 1. The topological polar surface area (TPSA) is 77.6 Å². The highest BCUT2D eigenvalue weighted by Gasteiger charge is 2.41. The van der Waals surface area contributed by atoms with Crippen LogP contribution in [0.5, 0.6) is 5.88 Å². The second-order valence-corrected chi connectivity index (χ2v) is 8.08. The molecule has 1 aromatic carbocycles. The molecule has 0 atom stereocenters. The summed E-state index contributed by atoms with van der Waals surface area (Å²) >= 11 is 0. The van der Waals surface area contributed by atoms with E-state index in [1.165, 1.54) is 5.56 Å². The predicted octanol–water partition coefficient (Wildman–Crippen LogP) is 3.18. The normalized spacial score (nSPS) is 15.8. The van der Waals surface area contributed by atoms with Gasteiger partial charge in [-0.25, -0.2) is 9.50 Å². The summed E-state index contributed by atoms with van der Waals surface area (Å²) in [7, 11) is 1.61. The van der Waals surface area contributed by atoms with Crippen molar-refractivity contribution in [2.75, 3.05) is 20.2 Å². The highest BCUT2D eigenvalue weighted by Crippen LogP contribution is 2.41. The number of benzene rings is 1. The number of amides is 1. The summed E-state index contributed by atoms with van der Waals surface area (Å²) < 4.78 is 8.80. The lowest BCUT2D eigenvalue weighted by Gasteiger charge is -2.41. The largest absolute Gasteiger partial charge is 0.480 e. The lowest BCUT2D eigenvalue weighted by molar-refractivity contribution is 0.0671. The van der Waals surface area contributed by atoms with Crippen molar-refractivity contribution in [2.24, 2.45) is 0 Å². The maximum absolute atomic E-state index is 13.2. The van der Waals surface area contributed by atoms with Gasteiger partial charge in [-0.2, -0.15) is 5.10 Å². The Balaban J connectivity index is 1.49. The van der Waals surface area contributed by atoms with E-state index < -0.39 is 0 Å². The van der Waals surface area contributed by atoms with Crippen LogP contribution in [0.2, 0.25) is 0 Å². The van der Waals surface area contributed by atoms with Crippen molar-refractivity contribution in [2.45, 2.75) is 31.7 Å². The summed E-state index contributed by atoms with van der Waals surface area (Å²) in [6.07, 6.45) is 5.25. The number of ether oxygens (including phenoxy) is 1. The average Bonchev–Trinajstić information content (AvgIpc) is 3.51. The second kappa shape index (κ2) is 8.11. The van der Waals surface area contributed by atoms with Crippen LogP contribution in [0, 0.1) is 0 Å². The summed E-state index contributed by atoms with van der Waals surface area (Å²) in [6, 6.07) is 16.0. The van der Waals surface area contributed by atoms with Crippen molar-refractivity contribution in [3.63, 3.8) is 0 Å². The van der Waals surface area contributed by atoms with Crippen molar-refractivity contribution in [1.29, 1.82) is 0 Å². The molecule has 0 aliphatic carbocycles. The molecule has 0 spiro atoms. The van der Waals surface area contributed by atoms with Crippen LogP contribution in [0.15, 0.2) is 60.9 Å². The molecule has 0 bridgehead atoms. The molecule has 4 heterocycles. The monoisotopic (exact) mass is 430 g/mol. The van der Waals surface area contributed by atoms with Gasteiger partial charge in [0.1, 0.15) is 5.69 Å². The fraction of sp³-hybridized carbons (Fsp3) is 0.333. The van der Waals surface area contributed by atoms with E-state index in [0.29, 0.717) is 31.2 Å². The summed E-state index contributed by atoms with van der Waals surface area (Å²) in [4.78, 5) is 20.0. The molecule has 4 aromatic rings. The highest BCUT2D eigenvalue weighted by molar-refractivity contribution is 5.92. The Bertz CT molecular complexity index is 1240. The Morgan fingerprint density at radius 3 is 2.59 bits per heavy atom. The summed E-state index contributed by atoms with van der Waals surface area (Å²) in [5.41, 5.74) is 3.31. The zero-order valence-electron chi connectivity index (χ0n) is 18.3. The van der Waals surface area contributed by atoms with Gasteiger partial charge in [0, 0.05) is 37.3 Å². The first kappa shape index (κ1) is 20.2. The molecule has 8 heteroatoms. The number of fused-ring (bicyclic) bond motifs is 1. The number of methoxy groups -OCH3 is 1. The molecule has 5 rings (SSSR count). The van der Waals surface area contributed by atoms with Crippen molar-refractivity contribution >= 4 is 11.6 Å². The second-order valence-electron chi connectivity index (χ2n) is 8.08. The Hall–Kier alpha value is -3.68. The molecule has 1 saturated heterocycles. The first-order chi connectivity index (χ1) is 15.6. The van der Waals surface area contributed by atoms with E-state index in [1.807, 2.05) is 36.2 Å². The quantitative estimate of drug-likeness (QED) is 0.486. The first-order valence-electron chi connectivity index (χ1n) is 10.9. The van der Waals surface area contributed by atoms with E-state index in [9.17, 15) is 4.79 Å². The minimum absolute atomic E-state index is 0.0346. The van der Waals surface area contributed by atoms with E-state index in [1.54, 1.807) is 28.6 Å². The molecule has 1 aliphatic heterocycles. The fourth-order valence-electron chi connectivity index (χ4n) is 4.67. The number of nitrogens with zero attached hydrogens (tertiary/aromatic N) is 6. The predicted molar refractivity (Wildman–Crippen MR) is 120 cm³/mol. The maximum atomic E-state index is 13.2. The van der Waals surface area contributed by atoms with Crippen molar-refractivity contribution in [3.8, 4) is 5.88 Å². The van der Waals surface area contributed by atoms with Gasteiger partial charge in [0.15, 0.2) is 5.65 Å². The smallest absolute Gasteiger partial charge is 0.272 e. The molecule has 164 valence electrons. The zero-order valence-corrected chi connectivity index (χ0v) is 18.3. The van der Waals surface area contributed by atoms with Crippen molar-refractivity contribution in [1.82, 2.24) is 29.3 Å². The number of aryl methyl sites for hydroxylation is 1. The van der Waals surface area contributed by atoms with Gasteiger partial charge in [-0.05, 0) is 37.5 Å². The van der Waals surface area contributed by atoms with Gasteiger partial charge in [0.2, 0.25) is 5.88 Å². The van der Waals surface area contributed by atoms with Gasteiger partial charge in [-0.1, -0.05) is 30.3 Å². The average molecular weight is 431 g/mol. The number of hydrogen-bond acceptors (Lipinski definition) is 5. The van der Waals surface area contributed by atoms with Crippen LogP contribution in [0.1, 0.15) is 41.5 Å². The molecule has 1 fully saturated rings. The Morgan fingerprint density at radius 1 is 1.09 bits per heavy atom. The van der Waals surface area contributed by atoms with E-state index in [2.05, 4.69) is 34.5 Å². The summed E-state index contributed by atoms with van der Waals surface area (Å²) in [5.74, 6) is 0.579. The van der Waals surface area contributed by atoms with Crippen LogP contribution in [0.3, 0.4) is 0 Å². The van der Waals surface area contributed by atoms with E-state index in [4.69, 9.17) is 9.72 Å². The third-order valence-corrected chi connectivity index (χ3v) is 6.46. The van der Waals surface area contributed by atoms with Gasteiger partial charge >= 0.3 is 0 Å². The van der Waals surface area contributed by atoms with E-state index >= 15 is 0 Å². The minimum Gasteiger partial charge on any atom is -0.480 e. The van der Waals surface area contributed by atoms with Crippen molar-refractivity contribution in [3.05, 3.63) is 77.9 Å². The molecule has 0 radical (unpaired) electrons. The maximum Gasteiger partial charge on any atom is 0.272 e. The SMILES string of the molecule is CCn1nccc1C(=O)N1CCC(c2ccccc2)(c2cn3nc(OC)ccc3n2)CC1. The van der Waals surface area contributed by atoms with Crippen molar-refractivity contribution < 1.29 is 9.53 Å². The number of carbonyl (C=O) groups is 1. The molecule has 1 amide bonds. The van der Waals surface area contributed by atoms with Crippen LogP contribution >= 0.6 is 0 Å². The standard InChI is InChI=1S/C24H26N6O2/c1-3-29-19(11-14-25-29)23(31)28-15-12-24(13-16-28,18-7-5-4-6-8-18)20-17-30-21(26-20)9-10-22(27-30)32-2/h4-11,14,17H,3,12-13,15-16H2,1-2H3. The molecule has 3 aromatic heterocycles. The van der Waals surface area contributed by atoms with E-state index in [-0.39, 0.29) is 11.3 Å².